The fourth-order valence-electron chi connectivity index (χ4n) is 2.03. The van der Waals surface area contributed by atoms with Crippen LogP contribution in [0.5, 0.6) is 0 Å². The van der Waals surface area contributed by atoms with Crippen LogP contribution < -0.4 is 5.73 Å². The third-order valence-electron chi connectivity index (χ3n) is 3.35. The summed E-state index contributed by atoms with van der Waals surface area (Å²) in [4.78, 5) is 2.35. The summed E-state index contributed by atoms with van der Waals surface area (Å²) in [6.45, 7) is 11.9. The lowest BCUT2D eigenvalue weighted by Gasteiger charge is -2.31. The third kappa shape index (κ3) is 4.39. The molecule has 0 saturated carbocycles. The van der Waals surface area contributed by atoms with Crippen molar-refractivity contribution in [2.75, 3.05) is 19.6 Å². The quantitative estimate of drug-likeness (QED) is 0.843. The number of hydrogen-bond donors (Lipinski definition) is 1. The molecule has 0 heterocycles. The van der Waals surface area contributed by atoms with Crippen LogP contribution in [0.15, 0.2) is 18.2 Å². The maximum absolute atomic E-state index is 13.1. The molecule has 0 unspecified atom stereocenters. The number of nitrogens with two attached hydrogens (primary N) is 1. The Labute approximate surface area is 110 Å². The van der Waals surface area contributed by atoms with Crippen molar-refractivity contribution in [2.45, 2.75) is 34.2 Å². The first-order valence-electron chi connectivity index (χ1n) is 6.55. The summed E-state index contributed by atoms with van der Waals surface area (Å²) in [5.41, 5.74) is 8.09. The predicted molar refractivity (Wildman–Crippen MR) is 74.9 cm³/mol. The van der Waals surface area contributed by atoms with Gasteiger partial charge >= 0.3 is 0 Å². The molecule has 0 radical (unpaired) electrons. The van der Waals surface area contributed by atoms with Crippen LogP contribution in [0.1, 0.15) is 31.9 Å². The smallest absolute Gasteiger partial charge is 0.123 e. The predicted octanol–water partition coefficient (Wildman–Crippen LogP) is 2.94. The van der Waals surface area contributed by atoms with Gasteiger partial charge in [-0.2, -0.15) is 0 Å². The number of rotatable bonds is 6. The molecule has 0 bridgehead atoms. The van der Waals surface area contributed by atoms with Crippen LogP contribution >= 0.6 is 0 Å². The van der Waals surface area contributed by atoms with Crippen LogP contribution in [-0.4, -0.2) is 24.5 Å². The molecule has 0 aliphatic heterocycles. The molecular weight excluding hydrogens is 227 g/mol. The van der Waals surface area contributed by atoms with E-state index in [-0.39, 0.29) is 11.2 Å². The Bertz CT molecular complexity index is 388. The van der Waals surface area contributed by atoms with E-state index < -0.39 is 0 Å². The second-order valence-corrected chi connectivity index (χ2v) is 5.74. The summed E-state index contributed by atoms with van der Waals surface area (Å²) in [5, 5.41) is 0. The Balaban J connectivity index is 2.74. The number of aryl methyl sites for hydroxylation is 1. The first kappa shape index (κ1) is 15.1. The van der Waals surface area contributed by atoms with Gasteiger partial charge in [-0.25, -0.2) is 4.39 Å². The van der Waals surface area contributed by atoms with Gasteiger partial charge in [0, 0.05) is 13.1 Å². The zero-order chi connectivity index (χ0) is 13.8. The van der Waals surface area contributed by atoms with E-state index in [1.165, 1.54) is 11.6 Å². The van der Waals surface area contributed by atoms with Gasteiger partial charge in [-0.05, 0) is 48.7 Å². The zero-order valence-corrected chi connectivity index (χ0v) is 12.0. The summed E-state index contributed by atoms with van der Waals surface area (Å²) in [6.07, 6.45) is 0. The largest absolute Gasteiger partial charge is 0.330 e. The Morgan fingerprint density at radius 3 is 2.50 bits per heavy atom. The molecule has 102 valence electrons. The van der Waals surface area contributed by atoms with Gasteiger partial charge in [0.1, 0.15) is 5.82 Å². The van der Waals surface area contributed by atoms with Crippen molar-refractivity contribution in [3.63, 3.8) is 0 Å². The van der Waals surface area contributed by atoms with Gasteiger partial charge in [0.05, 0.1) is 0 Å². The summed E-state index contributed by atoms with van der Waals surface area (Å²) < 4.78 is 13.1. The monoisotopic (exact) mass is 252 g/mol. The van der Waals surface area contributed by atoms with Crippen molar-refractivity contribution in [1.29, 1.82) is 0 Å². The molecule has 0 fully saturated rings. The summed E-state index contributed by atoms with van der Waals surface area (Å²) in [6, 6.07) is 5.00. The van der Waals surface area contributed by atoms with E-state index in [9.17, 15) is 4.39 Å². The maximum atomic E-state index is 13.1. The lowest BCUT2D eigenvalue weighted by molar-refractivity contribution is 0.183. The van der Waals surface area contributed by atoms with E-state index >= 15 is 0 Å². The minimum atomic E-state index is -0.165. The molecule has 0 aliphatic rings. The molecule has 0 amide bonds. The molecular formula is C15H25FN2. The van der Waals surface area contributed by atoms with Crippen molar-refractivity contribution in [3.8, 4) is 0 Å². The standard InChI is InChI=1S/C15H25FN2/c1-5-18(11-15(3,4)10-17)9-13-6-7-14(16)8-12(13)2/h6-8H,5,9-11,17H2,1-4H3. The Morgan fingerprint density at radius 2 is 2.00 bits per heavy atom. The SMILES string of the molecule is CCN(Cc1ccc(F)cc1C)CC(C)(C)CN. The normalized spacial score (nSPS) is 12.2. The molecule has 3 heteroatoms. The first-order valence-corrected chi connectivity index (χ1v) is 6.55. The summed E-state index contributed by atoms with van der Waals surface area (Å²) >= 11 is 0. The highest BCUT2D eigenvalue weighted by molar-refractivity contribution is 5.26. The Morgan fingerprint density at radius 1 is 1.33 bits per heavy atom. The van der Waals surface area contributed by atoms with Crippen LogP contribution in [0.25, 0.3) is 0 Å². The Hall–Kier alpha value is -0.930. The summed E-state index contributed by atoms with van der Waals surface area (Å²) in [7, 11) is 0. The van der Waals surface area contributed by atoms with E-state index in [2.05, 4.69) is 25.7 Å². The van der Waals surface area contributed by atoms with Gasteiger partial charge in [-0.15, -0.1) is 0 Å². The molecule has 2 nitrogen and oxygen atoms in total. The molecule has 0 aromatic heterocycles. The highest BCUT2D eigenvalue weighted by atomic mass is 19.1. The minimum Gasteiger partial charge on any atom is -0.330 e. The van der Waals surface area contributed by atoms with Gasteiger partial charge in [0.15, 0.2) is 0 Å². The lowest BCUT2D eigenvalue weighted by atomic mass is 9.92. The van der Waals surface area contributed by atoms with Crippen LogP contribution in [0.2, 0.25) is 0 Å². The number of halogens is 1. The number of nitrogens with zero attached hydrogens (tertiary/aromatic N) is 1. The third-order valence-corrected chi connectivity index (χ3v) is 3.35. The average molecular weight is 252 g/mol. The van der Waals surface area contributed by atoms with E-state index in [1.54, 1.807) is 6.07 Å². The molecule has 2 N–H and O–H groups in total. The van der Waals surface area contributed by atoms with E-state index in [1.807, 2.05) is 13.0 Å². The number of hydrogen-bond acceptors (Lipinski definition) is 2. The van der Waals surface area contributed by atoms with Crippen molar-refractivity contribution in [3.05, 3.63) is 35.1 Å². The maximum Gasteiger partial charge on any atom is 0.123 e. The lowest BCUT2D eigenvalue weighted by Crippen LogP contribution is -2.38. The van der Waals surface area contributed by atoms with Crippen molar-refractivity contribution in [1.82, 2.24) is 4.90 Å². The van der Waals surface area contributed by atoms with E-state index in [0.29, 0.717) is 6.54 Å². The van der Waals surface area contributed by atoms with E-state index in [4.69, 9.17) is 5.73 Å². The van der Waals surface area contributed by atoms with E-state index in [0.717, 1.165) is 25.2 Å². The van der Waals surface area contributed by atoms with Gasteiger partial charge in [-0.1, -0.05) is 26.8 Å². The Kier molecular flexibility index (Phi) is 5.29. The highest BCUT2D eigenvalue weighted by Crippen LogP contribution is 2.18. The van der Waals surface area contributed by atoms with Gasteiger partial charge in [-0.3, -0.25) is 4.90 Å². The van der Waals surface area contributed by atoms with Gasteiger partial charge < -0.3 is 5.73 Å². The molecule has 1 aromatic rings. The fourth-order valence-corrected chi connectivity index (χ4v) is 2.03. The molecule has 0 spiro atoms. The molecule has 0 saturated heterocycles. The summed E-state index contributed by atoms with van der Waals surface area (Å²) in [5.74, 6) is -0.165. The fraction of sp³-hybridized carbons (Fsp3) is 0.600. The molecule has 1 aromatic carbocycles. The van der Waals surface area contributed by atoms with Crippen molar-refractivity contribution in [2.24, 2.45) is 11.1 Å². The molecule has 0 atom stereocenters. The van der Waals surface area contributed by atoms with Crippen LogP contribution in [0.4, 0.5) is 4.39 Å². The topological polar surface area (TPSA) is 29.3 Å². The molecule has 0 aliphatic carbocycles. The highest BCUT2D eigenvalue weighted by Gasteiger charge is 2.19. The minimum absolute atomic E-state index is 0.115. The van der Waals surface area contributed by atoms with Gasteiger partial charge in [0.25, 0.3) is 0 Å². The van der Waals surface area contributed by atoms with Crippen molar-refractivity contribution >= 4 is 0 Å². The molecule has 18 heavy (non-hydrogen) atoms. The van der Waals surface area contributed by atoms with Crippen LogP contribution in [0, 0.1) is 18.2 Å². The second kappa shape index (κ2) is 6.30. The number of benzene rings is 1. The first-order chi connectivity index (χ1) is 8.38. The second-order valence-electron chi connectivity index (χ2n) is 5.74. The van der Waals surface area contributed by atoms with Crippen molar-refractivity contribution < 1.29 is 4.39 Å². The zero-order valence-electron chi connectivity index (χ0n) is 12.0. The average Bonchev–Trinajstić information content (AvgIpc) is 2.31. The van der Waals surface area contributed by atoms with Gasteiger partial charge in [0.2, 0.25) is 0 Å². The van der Waals surface area contributed by atoms with Crippen LogP contribution in [-0.2, 0) is 6.54 Å². The molecule has 1 rings (SSSR count). The van der Waals surface area contributed by atoms with Crippen LogP contribution in [0.3, 0.4) is 0 Å².